The molecule has 6 atom stereocenters. The van der Waals surface area contributed by atoms with Crippen molar-refractivity contribution >= 4 is 13.8 Å². The minimum absolute atomic E-state index is 0.0801. The second kappa shape index (κ2) is 42.6. The first-order valence-electron chi connectivity index (χ1n) is 26.3. The van der Waals surface area contributed by atoms with Crippen molar-refractivity contribution in [2.75, 3.05) is 19.8 Å². The van der Waals surface area contributed by atoms with Crippen LogP contribution in [-0.2, 0) is 27.9 Å². The Kier molecular flexibility index (Phi) is 40.4. The summed E-state index contributed by atoms with van der Waals surface area (Å²) in [4.78, 5) is 23.2. The first-order valence-corrected chi connectivity index (χ1v) is 27.8. The Hall–Kier alpha value is -1.44. The number of hydrogen-bond acceptors (Lipinski definition) is 11. The molecule has 0 aliphatic heterocycles. The summed E-state index contributed by atoms with van der Waals surface area (Å²) in [5, 5.41) is 50.3. The molecule has 0 bridgehead atoms. The highest BCUT2D eigenvalue weighted by molar-refractivity contribution is 7.47. The maximum Gasteiger partial charge on any atom is 0.472 e. The van der Waals surface area contributed by atoms with Crippen LogP contribution in [0.3, 0.4) is 0 Å². The highest BCUT2D eigenvalue weighted by atomic mass is 31.2. The van der Waals surface area contributed by atoms with Crippen LogP contribution in [0.25, 0.3) is 0 Å². The number of esters is 1. The van der Waals surface area contributed by atoms with Gasteiger partial charge in [-0.1, -0.05) is 185 Å². The zero-order chi connectivity index (χ0) is 47.6. The highest BCUT2D eigenvalue weighted by Crippen LogP contribution is 2.47. The van der Waals surface area contributed by atoms with Crippen LogP contribution >= 0.6 is 7.82 Å². The molecule has 1 aliphatic rings. The number of carbonyl (C=O) groups excluding carboxylic acids is 1. The predicted octanol–water partition coefficient (Wildman–Crippen LogP) is 11.8. The molecule has 0 aromatic rings. The quantitative estimate of drug-likeness (QED) is 0.0147. The van der Waals surface area contributed by atoms with Gasteiger partial charge < -0.3 is 39.9 Å². The molecule has 0 aromatic heterocycles. The van der Waals surface area contributed by atoms with Crippen LogP contribution in [-0.4, -0.2) is 98.9 Å². The van der Waals surface area contributed by atoms with Crippen LogP contribution in [0.4, 0.5) is 0 Å². The van der Waals surface area contributed by atoms with E-state index in [0.29, 0.717) is 13.0 Å². The van der Waals surface area contributed by atoms with Gasteiger partial charge in [0, 0.05) is 13.0 Å². The molecule has 65 heavy (non-hydrogen) atoms. The minimum Gasteiger partial charge on any atom is -0.457 e. The molecule has 0 amide bonds. The molecule has 1 rings (SSSR count). The van der Waals surface area contributed by atoms with E-state index in [1.165, 1.54) is 141 Å². The Bertz CT molecular complexity index is 1210. The van der Waals surface area contributed by atoms with E-state index in [2.05, 4.69) is 50.3 Å². The number of hydrogen-bond donors (Lipinski definition) is 6. The fourth-order valence-corrected chi connectivity index (χ4v) is 9.00. The monoisotopic (exact) mass is 945 g/mol. The first-order chi connectivity index (χ1) is 31.5. The van der Waals surface area contributed by atoms with Crippen LogP contribution in [0, 0.1) is 0 Å². The smallest absolute Gasteiger partial charge is 0.457 e. The molecule has 0 aromatic carbocycles. The van der Waals surface area contributed by atoms with Crippen molar-refractivity contribution in [2.45, 2.75) is 268 Å². The van der Waals surface area contributed by atoms with E-state index in [0.717, 1.165) is 57.8 Å². The molecule has 6 N–H and O–H groups in total. The maximum atomic E-state index is 12.9. The van der Waals surface area contributed by atoms with Gasteiger partial charge in [0.2, 0.25) is 0 Å². The highest BCUT2D eigenvalue weighted by Gasteiger charge is 2.51. The topological polar surface area (TPSA) is 192 Å². The normalized spacial score (nSPS) is 21.8. The fourth-order valence-electron chi connectivity index (χ4n) is 8.03. The van der Waals surface area contributed by atoms with Gasteiger partial charge in [0.1, 0.15) is 42.7 Å². The van der Waals surface area contributed by atoms with Crippen LogP contribution in [0.5, 0.6) is 0 Å². The van der Waals surface area contributed by atoms with E-state index in [1.54, 1.807) is 0 Å². The lowest BCUT2D eigenvalue weighted by molar-refractivity contribution is -0.220. The molecule has 13 heteroatoms. The Morgan fingerprint density at radius 2 is 0.862 bits per heavy atom. The molecule has 0 radical (unpaired) electrons. The number of rotatable bonds is 45. The van der Waals surface area contributed by atoms with Crippen molar-refractivity contribution in [2.24, 2.45) is 0 Å². The van der Waals surface area contributed by atoms with Crippen molar-refractivity contribution in [3.63, 3.8) is 0 Å². The summed E-state index contributed by atoms with van der Waals surface area (Å²) in [6.45, 7) is 4.25. The Morgan fingerprint density at radius 3 is 1.31 bits per heavy atom. The number of aliphatic hydroxyl groups is 5. The molecule has 1 fully saturated rings. The molecule has 1 aliphatic carbocycles. The molecular formula is C52H97O12P. The van der Waals surface area contributed by atoms with Crippen molar-refractivity contribution in [3.05, 3.63) is 36.5 Å². The van der Waals surface area contributed by atoms with E-state index < -0.39 is 63.1 Å². The molecular weight excluding hydrogens is 848 g/mol. The van der Waals surface area contributed by atoms with Gasteiger partial charge in [-0.05, 0) is 70.6 Å². The summed E-state index contributed by atoms with van der Waals surface area (Å²) in [7, 11) is -5.02. The number of ether oxygens (including phenoxy) is 2. The predicted molar refractivity (Wildman–Crippen MR) is 263 cm³/mol. The number of unbranched alkanes of at least 4 members (excludes halogenated alkanes) is 27. The molecule has 6 unspecified atom stereocenters. The van der Waals surface area contributed by atoms with Crippen LogP contribution in [0.2, 0.25) is 0 Å². The van der Waals surface area contributed by atoms with Gasteiger partial charge in [-0.25, -0.2) is 4.57 Å². The average Bonchev–Trinajstić information content (AvgIpc) is 3.29. The second-order valence-electron chi connectivity index (χ2n) is 18.4. The van der Waals surface area contributed by atoms with E-state index in [4.69, 9.17) is 18.5 Å². The minimum atomic E-state index is -5.02. The van der Waals surface area contributed by atoms with Crippen molar-refractivity contribution in [1.29, 1.82) is 0 Å². The van der Waals surface area contributed by atoms with Gasteiger partial charge in [0.15, 0.2) is 0 Å². The first kappa shape index (κ1) is 61.6. The van der Waals surface area contributed by atoms with E-state index in [-0.39, 0.29) is 13.0 Å². The lowest BCUT2D eigenvalue weighted by Crippen LogP contribution is -2.64. The molecule has 1 saturated carbocycles. The summed E-state index contributed by atoms with van der Waals surface area (Å²) >= 11 is 0. The summed E-state index contributed by atoms with van der Waals surface area (Å²) in [5.74, 6) is -0.480. The Morgan fingerprint density at radius 1 is 0.492 bits per heavy atom. The molecule has 382 valence electrons. The zero-order valence-electron chi connectivity index (χ0n) is 41.0. The molecule has 0 spiro atoms. The third kappa shape index (κ3) is 34.5. The van der Waals surface area contributed by atoms with Gasteiger partial charge in [0.05, 0.1) is 13.2 Å². The summed E-state index contributed by atoms with van der Waals surface area (Å²) < 4.78 is 34.3. The number of phosphoric acid groups is 1. The van der Waals surface area contributed by atoms with Gasteiger partial charge in [-0.15, -0.1) is 0 Å². The van der Waals surface area contributed by atoms with Crippen LogP contribution in [0.1, 0.15) is 226 Å². The van der Waals surface area contributed by atoms with Gasteiger partial charge in [-0.3, -0.25) is 13.8 Å². The van der Waals surface area contributed by atoms with E-state index in [9.17, 15) is 39.8 Å². The number of phosphoric ester groups is 1. The lowest BCUT2D eigenvalue weighted by Gasteiger charge is -2.41. The summed E-state index contributed by atoms with van der Waals surface area (Å²) in [6, 6.07) is 0. The van der Waals surface area contributed by atoms with Crippen LogP contribution < -0.4 is 0 Å². The largest absolute Gasteiger partial charge is 0.472 e. The number of allylic oxidation sites excluding steroid dienone is 6. The van der Waals surface area contributed by atoms with Gasteiger partial charge in [-0.2, -0.15) is 0 Å². The van der Waals surface area contributed by atoms with Gasteiger partial charge >= 0.3 is 13.8 Å². The fraction of sp³-hybridized carbons (Fsp3) is 0.865. The van der Waals surface area contributed by atoms with E-state index >= 15 is 0 Å². The SMILES string of the molecule is CCCCCCC/C=C\C/C=C\CCCCCCCCCCCCCC(=O)OC(COCCCCCCCC/C=C\CCCCCCC)COP(=O)(O)OC1C(O)C(O)C(O)C(O)C1O. The zero-order valence-corrected chi connectivity index (χ0v) is 41.9. The second-order valence-corrected chi connectivity index (χ2v) is 19.8. The third-order valence-corrected chi connectivity index (χ3v) is 13.2. The molecule has 0 heterocycles. The Labute approximate surface area is 395 Å². The van der Waals surface area contributed by atoms with Crippen molar-refractivity contribution in [1.82, 2.24) is 0 Å². The average molecular weight is 945 g/mol. The number of carbonyl (C=O) groups is 1. The summed E-state index contributed by atoms with van der Waals surface area (Å²) in [5.41, 5.74) is 0. The standard InChI is InChI=1S/C52H97O12P/c1-3-5-7-9-11-13-15-17-19-20-21-22-23-24-25-26-27-29-31-33-35-37-39-41-46(53)63-45(44-62-65(59,60)64-52-50(57)48(55)47(54)49(56)51(52)58)43-61-42-40-38-36-34-32-30-28-18-16-14-12-10-8-6-4-2/h15-18,20-21,45,47-52,54-58H,3-14,19,22-44H2,1-2H3,(H,59,60)/b17-15-,18-16-,21-20-. The van der Waals surface area contributed by atoms with Crippen molar-refractivity contribution in [3.8, 4) is 0 Å². The van der Waals surface area contributed by atoms with Gasteiger partial charge in [0.25, 0.3) is 0 Å². The molecule has 0 saturated heterocycles. The number of aliphatic hydroxyl groups excluding tert-OH is 5. The van der Waals surface area contributed by atoms with Crippen molar-refractivity contribution < 1.29 is 58.3 Å². The Balaban J connectivity index is 2.31. The van der Waals surface area contributed by atoms with E-state index in [1.807, 2.05) is 0 Å². The summed E-state index contributed by atoms with van der Waals surface area (Å²) in [6.07, 6.45) is 39.2. The maximum absolute atomic E-state index is 12.9. The lowest BCUT2D eigenvalue weighted by atomic mass is 9.85. The van der Waals surface area contributed by atoms with Crippen LogP contribution in [0.15, 0.2) is 36.5 Å². The molecule has 12 nitrogen and oxygen atoms in total. The third-order valence-electron chi connectivity index (χ3n) is 12.2.